The number of benzene rings is 1. The van der Waals surface area contributed by atoms with Gasteiger partial charge in [-0.2, -0.15) is 0 Å². The van der Waals surface area contributed by atoms with Crippen LogP contribution in [0.1, 0.15) is 12.5 Å². The Balaban J connectivity index is 3.10. The quantitative estimate of drug-likeness (QED) is 0.336. The molecule has 1 aromatic carbocycles. The molecule has 0 atom stereocenters. The Bertz CT molecular complexity index is 421. The topological polar surface area (TPSA) is 52.6 Å². The molecular formula is C12H12O4. The van der Waals surface area contributed by atoms with E-state index in [9.17, 15) is 9.59 Å². The fraction of sp³-hybridized carbons (Fsp3) is 0.167. The van der Waals surface area contributed by atoms with Crippen molar-refractivity contribution in [3.8, 4) is 11.5 Å². The Morgan fingerprint density at radius 1 is 1.38 bits per heavy atom. The largest absolute Gasteiger partial charge is 0.497 e. The monoisotopic (exact) mass is 220 g/mol. The minimum Gasteiger partial charge on any atom is -0.497 e. The molecule has 4 heteroatoms. The average molecular weight is 220 g/mol. The lowest BCUT2D eigenvalue weighted by Crippen LogP contribution is -2.02. The molecule has 1 rings (SSSR count). The van der Waals surface area contributed by atoms with Crippen LogP contribution in [0.3, 0.4) is 0 Å². The van der Waals surface area contributed by atoms with Crippen LogP contribution < -0.4 is 9.47 Å². The summed E-state index contributed by atoms with van der Waals surface area (Å²) in [5.74, 6) is 0.610. The first-order valence-corrected chi connectivity index (χ1v) is 4.65. The van der Waals surface area contributed by atoms with Crippen molar-refractivity contribution in [1.82, 2.24) is 0 Å². The first-order valence-electron chi connectivity index (χ1n) is 4.65. The highest BCUT2D eigenvalue weighted by Crippen LogP contribution is 2.25. The van der Waals surface area contributed by atoms with Gasteiger partial charge in [-0.15, -0.1) is 0 Å². The van der Waals surface area contributed by atoms with Crippen molar-refractivity contribution in [2.75, 3.05) is 7.11 Å². The summed E-state index contributed by atoms with van der Waals surface area (Å²) in [4.78, 5) is 21.1. The molecule has 0 radical (unpaired) electrons. The van der Waals surface area contributed by atoms with Crippen molar-refractivity contribution in [3.63, 3.8) is 0 Å². The number of rotatable bonds is 4. The van der Waals surface area contributed by atoms with E-state index >= 15 is 0 Å². The molecule has 0 saturated carbocycles. The number of hydrogen-bond acceptors (Lipinski definition) is 4. The lowest BCUT2D eigenvalue weighted by Gasteiger charge is -2.07. The molecule has 0 aliphatic carbocycles. The Hall–Kier alpha value is -2.10. The van der Waals surface area contributed by atoms with Crippen molar-refractivity contribution in [3.05, 3.63) is 29.8 Å². The first-order chi connectivity index (χ1) is 7.67. The van der Waals surface area contributed by atoms with Crippen LogP contribution in [0.2, 0.25) is 0 Å². The molecule has 0 unspecified atom stereocenters. The second-order valence-electron chi connectivity index (χ2n) is 2.99. The maximum atomic E-state index is 10.8. The number of carbonyl (C=O) groups excluding carboxylic acids is 2. The molecule has 0 bridgehead atoms. The van der Waals surface area contributed by atoms with Gasteiger partial charge >= 0.3 is 5.97 Å². The van der Waals surface area contributed by atoms with E-state index in [1.54, 1.807) is 24.3 Å². The smallest absolute Gasteiger partial charge is 0.308 e. The standard InChI is InChI=1S/C12H12O4/c1-9(14)16-12-6-5-11(15-2)8-10(12)4-3-7-13/h3-8H,1-2H3/b4-3-. The highest BCUT2D eigenvalue weighted by atomic mass is 16.5. The molecule has 0 heterocycles. The Morgan fingerprint density at radius 3 is 2.69 bits per heavy atom. The fourth-order valence-electron chi connectivity index (χ4n) is 1.17. The number of allylic oxidation sites excluding steroid dienone is 1. The predicted molar refractivity (Wildman–Crippen MR) is 59.4 cm³/mol. The third-order valence-corrected chi connectivity index (χ3v) is 1.82. The normalized spacial score (nSPS) is 10.1. The molecule has 0 spiro atoms. The highest BCUT2D eigenvalue weighted by molar-refractivity contribution is 5.77. The van der Waals surface area contributed by atoms with Crippen molar-refractivity contribution in [2.24, 2.45) is 0 Å². The molecule has 0 aliphatic rings. The van der Waals surface area contributed by atoms with Crippen LogP contribution in [0, 0.1) is 0 Å². The summed E-state index contributed by atoms with van der Waals surface area (Å²) in [6.07, 6.45) is 3.52. The predicted octanol–water partition coefficient (Wildman–Crippen LogP) is 1.83. The number of hydrogen-bond donors (Lipinski definition) is 0. The van der Waals surface area contributed by atoms with Crippen LogP contribution in [0.5, 0.6) is 11.5 Å². The van der Waals surface area contributed by atoms with Crippen LogP contribution in [-0.2, 0) is 9.59 Å². The lowest BCUT2D eigenvalue weighted by molar-refractivity contribution is -0.131. The van der Waals surface area contributed by atoms with Crippen molar-refractivity contribution in [2.45, 2.75) is 6.92 Å². The summed E-state index contributed by atoms with van der Waals surface area (Å²) < 4.78 is 10.0. The molecule has 4 nitrogen and oxygen atoms in total. The van der Waals surface area contributed by atoms with E-state index in [2.05, 4.69) is 0 Å². The Labute approximate surface area is 93.5 Å². The van der Waals surface area contributed by atoms with Gasteiger partial charge in [0.2, 0.25) is 0 Å². The van der Waals surface area contributed by atoms with Gasteiger partial charge in [-0.05, 0) is 30.4 Å². The summed E-state index contributed by atoms with van der Waals surface area (Å²) in [5, 5.41) is 0. The number of esters is 1. The first kappa shape index (κ1) is 12.0. The van der Waals surface area contributed by atoms with Gasteiger partial charge in [-0.3, -0.25) is 9.59 Å². The van der Waals surface area contributed by atoms with Gasteiger partial charge in [0, 0.05) is 12.5 Å². The minimum atomic E-state index is -0.411. The third-order valence-electron chi connectivity index (χ3n) is 1.82. The zero-order valence-corrected chi connectivity index (χ0v) is 9.10. The van der Waals surface area contributed by atoms with Crippen LogP contribution in [-0.4, -0.2) is 19.4 Å². The number of aldehydes is 1. The third kappa shape index (κ3) is 3.24. The number of ether oxygens (including phenoxy) is 2. The molecule has 84 valence electrons. The van der Waals surface area contributed by atoms with E-state index in [0.29, 0.717) is 23.3 Å². The summed E-state index contributed by atoms with van der Waals surface area (Å²) in [6.45, 7) is 1.32. The maximum absolute atomic E-state index is 10.8. The van der Waals surface area contributed by atoms with Gasteiger partial charge in [0.25, 0.3) is 0 Å². The van der Waals surface area contributed by atoms with Gasteiger partial charge in [0.15, 0.2) is 0 Å². The van der Waals surface area contributed by atoms with Gasteiger partial charge < -0.3 is 9.47 Å². The van der Waals surface area contributed by atoms with Gasteiger partial charge in [-0.1, -0.05) is 0 Å². The second-order valence-corrected chi connectivity index (χ2v) is 2.99. The summed E-state index contributed by atoms with van der Waals surface area (Å²) in [7, 11) is 1.54. The van der Waals surface area contributed by atoms with Gasteiger partial charge in [0.1, 0.15) is 17.8 Å². The van der Waals surface area contributed by atoms with E-state index in [1.807, 2.05) is 0 Å². The summed E-state index contributed by atoms with van der Waals surface area (Å²) in [6, 6.07) is 4.97. The van der Waals surface area contributed by atoms with Crippen LogP contribution in [0.15, 0.2) is 24.3 Å². The highest BCUT2D eigenvalue weighted by Gasteiger charge is 2.05. The SMILES string of the molecule is COc1ccc(OC(C)=O)c(/C=C\C=O)c1. The molecule has 0 amide bonds. The van der Waals surface area contributed by atoms with Crippen molar-refractivity contribution in [1.29, 1.82) is 0 Å². The molecule has 0 fully saturated rings. The number of carbonyl (C=O) groups is 2. The van der Waals surface area contributed by atoms with E-state index in [-0.39, 0.29) is 0 Å². The summed E-state index contributed by atoms with van der Waals surface area (Å²) in [5.41, 5.74) is 0.613. The van der Waals surface area contributed by atoms with Gasteiger partial charge in [0.05, 0.1) is 7.11 Å². The zero-order valence-electron chi connectivity index (χ0n) is 9.10. The molecule has 0 aliphatic heterocycles. The fourth-order valence-corrected chi connectivity index (χ4v) is 1.17. The van der Waals surface area contributed by atoms with Crippen LogP contribution in [0.25, 0.3) is 6.08 Å². The molecule has 16 heavy (non-hydrogen) atoms. The average Bonchev–Trinajstić information content (AvgIpc) is 2.27. The second kappa shape index (κ2) is 5.70. The summed E-state index contributed by atoms with van der Waals surface area (Å²) >= 11 is 0. The number of methoxy groups -OCH3 is 1. The molecule has 0 N–H and O–H groups in total. The molecule has 0 aromatic heterocycles. The molecular weight excluding hydrogens is 208 g/mol. The maximum Gasteiger partial charge on any atom is 0.308 e. The molecule has 1 aromatic rings. The van der Waals surface area contributed by atoms with Crippen LogP contribution >= 0.6 is 0 Å². The van der Waals surface area contributed by atoms with Crippen molar-refractivity contribution >= 4 is 18.3 Å². The molecule has 0 saturated heterocycles. The van der Waals surface area contributed by atoms with Crippen molar-refractivity contribution < 1.29 is 19.1 Å². The van der Waals surface area contributed by atoms with E-state index in [1.165, 1.54) is 20.1 Å². The van der Waals surface area contributed by atoms with E-state index < -0.39 is 5.97 Å². The lowest BCUT2D eigenvalue weighted by atomic mass is 10.1. The van der Waals surface area contributed by atoms with E-state index in [4.69, 9.17) is 9.47 Å². The Morgan fingerprint density at radius 2 is 2.12 bits per heavy atom. The Kier molecular flexibility index (Phi) is 4.27. The zero-order chi connectivity index (χ0) is 12.0. The van der Waals surface area contributed by atoms with Gasteiger partial charge in [-0.25, -0.2) is 0 Å². The van der Waals surface area contributed by atoms with E-state index in [0.717, 1.165) is 0 Å². The minimum absolute atomic E-state index is 0.395. The van der Waals surface area contributed by atoms with Crippen LogP contribution in [0.4, 0.5) is 0 Å².